The zero-order valence-corrected chi connectivity index (χ0v) is 32.8. The second kappa shape index (κ2) is 11.4. The molecule has 0 atom stereocenters. The summed E-state index contributed by atoms with van der Waals surface area (Å²) >= 11 is 4.66. The van der Waals surface area contributed by atoms with Crippen molar-refractivity contribution in [3.63, 3.8) is 0 Å². The lowest BCUT2D eigenvalue weighted by molar-refractivity contribution is 0.0975. The van der Waals surface area contributed by atoms with Crippen molar-refractivity contribution in [1.29, 1.82) is 0 Å². The largest absolute Gasteiger partial charge is 0.480 e. The number of allylic oxidation sites excluding steroid dienone is 2. The number of fused-ring (bicyclic) bond motifs is 11. The molecule has 1 aliphatic heterocycles. The van der Waals surface area contributed by atoms with Gasteiger partial charge < -0.3 is 4.74 Å². The Morgan fingerprint density at radius 3 is 1.33 bits per heavy atom. The van der Waals surface area contributed by atoms with Crippen molar-refractivity contribution in [2.24, 2.45) is 0 Å². The number of hydrogen-bond acceptors (Lipinski definition) is 8. The summed E-state index contributed by atoms with van der Waals surface area (Å²) in [5.41, 5.74) is 2.42. The zero-order chi connectivity index (χ0) is 38.5. The third kappa shape index (κ3) is 4.72. The fourth-order valence-electron chi connectivity index (χ4n) is 8.68. The molecule has 4 heterocycles. The van der Waals surface area contributed by atoms with Crippen LogP contribution in [0.1, 0.15) is 70.6 Å². The highest BCUT2D eigenvalue weighted by Gasteiger charge is 2.39. The summed E-state index contributed by atoms with van der Waals surface area (Å²) in [7, 11) is 0. The van der Waals surface area contributed by atoms with Crippen molar-refractivity contribution < 1.29 is 23.9 Å². The molecule has 57 heavy (non-hydrogen) atoms. The Labute approximate surface area is 336 Å². The van der Waals surface area contributed by atoms with Crippen LogP contribution >= 0.6 is 34.0 Å². The second-order valence-electron chi connectivity index (χ2n) is 15.4. The molecule has 0 spiro atoms. The molecular weight excluding hydrogens is 765 g/mol. The number of rotatable bonds is 2. The minimum atomic E-state index is -0.690. The normalized spacial score (nSPS) is 15.5. The number of hydrogen-bond donors (Lipinski definition) is 0. The first kappa shape index (κ1) is 32.9. The van der Waals surface area contributed by atoms with E-state index in [1.807, 2.05) is 98.8 Å². The number of carbonyl (C=O) groups is 4. The third-order valence-electron chi connectivity index (χ3n) is 11.5. The fourth-order valence-corrected chi connectivity index (χ4v) is 12.5. The van der Waals surface area contributed by atoms with E-state index in [0.717, 1.165) is 83.3 Å². The van der Waals surface area contributed by atoms with Crippen LogP contribution in [0.3, 0.4) is 0 Å². The number of thiophene rings is 3. The summed E-state index contributed by atoms with van der Waals surface area (Å²) in [6.45, 7) is 4.05. The minimum absolute atomic E-state index is 0.173. The van der Waals surface area contributed by atoms with Crippen LogP contribution in [0.5, 0.6) is 5.75 Å². The summed E-state index contributed by atoms with van der Waals surface area (Å²) in [5, 5.41) is 8.05. The lowest BCUT2D eigenvalue weighted by Gasteiger charge is -2.31. The van der Waals surface area contributed by atoms with Gasteiger partial charge in [-0.2, -0.15) is 0 Å². The Hall–Kier alpha value is -6.32. The lowest BCUT2D eigenvalue weighted by atomic mass is 9.95. The van der Waals surface area contributed by atoms with Gasteiger partial charge in [0.25, 0.3) is 0 Å². The van der Waals surface area contributed by atoms with Crippen LogP contribution in [0.2, 0.25) is 0 Å². The Balaban J connectivity index is 0.887. The van der Waals surface area contributed by atoms with Crippen LogP contribution in [0, 0.1) is 0 Å². The number of Topliss-reactive ketones (excluding diaryl/α,β-unsaturated/α-hetero) is 4. The molecule has 3 aliphatic rings. The lowest BCUT2D eigenvalue weighted by Crippen LogP contribution is -2.27. The van der Waals surface area contributed by atoms with E-state index < -0.39 is 5.60 Å². The van der Waals surface area contributed by atoms with Crippen molar-refractivity contribution >= 4 is 122 Å². The molecule has 5 nitrogen and oxygen atoms in total. The molecule has 0 radical (unpaired) electrons. The maximum absolute atomic E-state index is 13.8. The number of carbonyl (C=O) groups excluding carboxylic acids is 4. The summed E-state index contributed by atoms with van der Waals surface area (Å²) in [5.74, 6) is -0.246. The molecule has 2 aliphatic carbocycles. The van der Waals surface area contributed by atoms with Crippen molar-refractivity contribution in [2.75, 3.05) is 0 Å². The van der Waals surface area contributed by atoms with Gasteiger partial charge in [-0.3, -0.25) is 19.2 Å². The third-order valence-corrected chi connectivity index (χ3v) is 15.1. The Kier molecular flexibility index (Phi) is 6.57. The van der Waals surface area contributed by atoms with Gasteiger partial charge in [-0.25, -0.2) is 0 Å². The predicted molar refractivity (Wildman–Crippen MR) is 233 cm³/mol. The van der Waals surface area contributed by atoms with E-state index in [1.54, 1.807) is 34.8 Å². The second-order valence-corrected chi connectivity index (χ2v) is 18.6. The monoisotopic (exact) mass is 790 g/mol. The molecule has 0 saturated heterocycles. The van der Waals surface area contributed by atoms with Crippen LogP contribution in [0.25, 0.3) is 74.4 Å². The predicted octanol–water partition coefficient (Wildman–Crippen LogP) is 12.9. The van der Waals surface area contributed by atoms with Gasteiger partial charge in [0, 0.05) is 37.6 Å². The first-order chi connectivity index (χ1) is 27.6. The van der Waals surface area contributed by atoms with Gasteiger partial charge in [0.1, 0.15) is 5.60 Å². The van der Waals surface area contributed by atoms with E-state index in [-0.39, 0.29) is 34.3 Å². The molecule has 0 saturated carbocycles. The maximum atomic E-state index is 13.8. The molecule has 0 bridgehead atoms. The van der Waals surface area contributed by atoms with E-state index in [0.29, 0.717) is 22.3 Å². The average Bonchev–Trinajstić information content (AvgIpc) is 3.99. The van der Waals surface area contributed by atoms with E-state index in [4.69, 9.17) is 4.74 Å². The Morgan fingerprint density at radius 1 is 0.474 bits per heavy atom. The van der Waals surface area contributed by atoms with Crippen LogP contribution in [0.4, 0.5) is 0 Å². The highest BCUT2D eigenvalue weighted by Crippen LogP contribution is 2.57. The van der Waals surface area contributed by atoms with Crippen molar-refractivity contribution in [1.82, 2.24) is 0 Å². The first-order valence-electron chi connectivity index (χ1n) is 18.5. The quantitative estimate of drug-likeness (QED) is 0.0990. The van der Waals surface area contributed by atoms with Gasteiger partial charge in [0.15, 0.2) is 28.9 Å². The zero-order valence-electron chi connectivity index (χ0n) is 30.3. The summed E-state index contributed by atoms with van der Waals surface area (Å²) in [6, 6.07) is 35.9. The van der Waals surface area contributed by atoms with Crippen LogP contribution in [-0.4, -0.2) is 23.1 Å². The van der Waals surface area contributed by atoms with Crippen molar-refractivity contribution in [3.8, 4) is 15.5 Å². The van der Waals surface area contributed by atoms with E-state index >= 15 is 0 Å². The fraction of sp³-hybridized carbons (Fsp3) is 0.0612. The van der Waals surface area contributed by atoms with Gasteiger partial charge in [-0.1, -0.05) is 48.5 Å². The molecule has 8 heteroatoms. The van der Waals surface area contributed by atoms with Gasteiger partial charge in [-0.05, 0) is 130 Å². The number of ketones is 4. The molecule has 0 unspecified atom stereocenters. The van der Waals surface area contributed by atoms with Crippen LogP contribution < -0.4 is 4.74 Å². The SMILES string of the molecule is CC1(C)Oc2c(sc3cc(C=C4C(=O)c5cc6cc7ccccc7cc6cc5C4=O)sc23)-c2sc(C=C3C(=O)c4cc5cc6ccccc6cc5cc4C3=O)cc21. The highest BCUT2D eigenvalue weighted by molar-refractivity contribution is 7.32. The molecule has 0 fully saturated rings. The minimum Gasteiger partial charge on any atom is -0.480 e. The number of ether oxygens (including phenoxy) is 1. The highest BCUT2D eigenvalue weighted by atomic mass is 32.1. The molecule has 6 aromatic carbocycles. The molecule has 3 aromatic heterocycles. The summed E-state index contributed by atoms with van der Waals surface area (Å²) < 4.78 is 8.68. The number of benzene rings is 6. The molecular formula is C49H26O5S3. The van der Waals surface area contributed by atoms with Crippen molar-refractivity contribution in [2.45, 2.75) is 19.4 Å². The Morgan fingerprint density at radius 2 is 0.895 bits per heavy atom. The van der Waals surface area contributed by atoms with Crippen LogP contribution in [-0.2, 0) is 5.60 Å². The molecule has 0 N–H and O–H groups in total. The standard InChI is InChI=1S/C49H26O5S3/c1-49(2)39-21-31(19-37-41(50)33-15-27-11-23-7-3-4-8-24(23)12-28(27)16-34(33)42(37)51)55-46(39)48-45(54-49)47-40(57-48)22-32(56-47)20-38-43(52)35-17-29-13-25-9-5-6-10-26(25)14-30(29)18-36(35)44(38)53/h3-22H,1-2H3. The van der Waals surface area contributed by atoms with E-state index in [9.17, 15) is 19.2 Å². The topological polar surface area (TPSA) is 77.5 Å². The average molecular weight is 791 g/mol. The van der Waals surface area contributed by atoms with Crippen LogP contribution in [0.15, 0.2) is 120 Å². The van der Waals surface area contributed by atoms with E-state index in [2.05, 4.69) is 24.3 Å². The molecule has 12 rings (SSSR count). The summed E-state index contributed by atoms with van der Waals surface area (Å²) in [6.07, 6.45) is 3.47. The van der Waals surface area contributed by atoms with Crippen molar-refractivity contribution in [3.05, 3.63) is 158 Å². The maximum Gasteiger partial charge on any atom is 0.197 e. The van der Waals surface area contributed by atoms with Gasteiger partial charge in [0.05, 0.1) is 30.3 Å². The Bertz CT molecular complexity index is 3340. The molecule has 0 amide bonds. The van der Waals surface area contributed by atoms with E-state index in [1.165, 1.54) is 11.3 Å². The van der Waals surface area contributed by atoms with Gasteiger partial charge in [-0.15, -0.1) is 34.0 Å². The summed E-state index contributed by atoms with van der Waals surface area (Å²) in [4.78, 5) is 58.6. The smallest absolute Gasteiger partial charge is 0.197 e. The molecule has 9 aromatic rings. The van der Waals surface area contributed by atoms with Gasteiger partial charge >= 0.3 is 0 Å². The van der Waals surface area contributed by atoms with Gasteiger partial charge in [0.2, 0.25) is 0 Å². The first-order valence-corrected chi connectivity index (χ1v) is 21.0. The molecule has 270 valence electrons.